The lowest BCUT2D eigenvalue weighted by Crippen LogP contribution is -2.19. The summed E-state index contributed by atoms with van der Waals surface area (Å²) in [5.41, 5.74) is 3.84. The molecule has 0 spiro atoms. The summed E-state index contributed by atoms with van der Waals surface area (Å²) in [4.78, 5) is 6.58. The topological polar surface area (TPSA) is 58.0 Å². The Kier molecular flexibility index (Phi) is 5.81. The normalized spacial score (nSPS) is 11.3. The highest BCUT2D eigenvalue weighted by Crippen LogP contribution is 2.21. The number of oxazole rings is 1. The maximum atomic E-state index is 13.0. The number of aryl methyl sites for hydroxylation is 1. The minimum atomic E-state index is -0.241. The molecule has 1 N–H and O–H groups in total. The summed E-state index contributed by atoms with van der Waals surface area (Å²) in [6.45, 7) is 1.57. The molecule has 0 fully saturated rings. The van der Waals surface area contributed by atoms with E-state index in [-0.39, 0.29) is 5.82 Å². The fourth-order valence-corrected chi connectivity index (χ4v) is 3.23. The zero-order chi connectivity index (χ0) is 20.1. The second-order valence-electron chi connectivity index (χ2n) is 7.11. The largest absolute Gasteiger partial charge is 0.439 e. The van der Waals surface area contributed by atoms with Crippen LogP contribution in [0.4, 0.5) is 4.39 Å². The van der Waals surface area contributed by atoms with Crippen molar-refractivity contribution >= 4 is 0 Å². The molecule has 2 aromatic carbocycles. The fourth-order valence-electron chi connectivity index (χ4n) is 3.23. The third-order valence-electron chi connectivity index (χ3n) is 4.77. The number of benzene rings is 2. The predicted octanol–water partition coefficient (Wildman–Crippen LogP) is 4.94. The second-order valence-corrected chi connectivity index (χ2v) is 7.11. The molecule has 2 heterocycles. The zero-order valence-corrected chi connectivity index (χ0v) is 16.3. The Balaban J connectivity index is 1.26. The van der Waals surface area contributed by atoms with Gasteiger partial charge in [0.2, 0.25) is 5.89 Å². The number of nitrogens with one attached hydrogen (secondary N) is 1. The third-order valence-corrected chi connectivity index (χ3v) is 4.77. The summed E-state index contributed by atoms with van der Waals surface area (Å²) in [5.74, 6) is 1.26. The Hall–Kier alpha value is -3.25. The quantitative estimate of drug-likeness (QED) is 0.463. The van der Waals surface area contributed by atoms with Crippen molar-refractivity contribution in [1.82, 2.24) is 20.1 Å². The van der Waals surface area contributed by atoms with Crippen LogP contribution in [0, 0.1) is 5.82 Å². The molecule has 4 rings (SSSR count). The summed E-state index contributed by atoms with van der Waals surface area (Å²) in [5, 5.41) is 7.40. The maximum Gasteiger partial charge on any atom is 0.209 e. The average Bonchev–Trinajstić information content (AvgIpc) is 3.39. The Bertz CT molecular complexity index is 1040. The maximum absolute atomic E-state index is 13.0. The molecular formula is C23H23FN4O. The van der Waals surface area contributed by atoms with E-state index in [2.05, 4.69) is 27.1 Å². The van der Waals surface area contributed by atoms with E-state index in [1.807, 2.05) is 36.4 Å². The second kappa shape index (κ2) is 8.84. The molecule has 0 saturated carbocycles. The highest BCUT2D eigenvalue weighted by molar-refractivity contribution is 5.59. The lowest BCUT2D eigenvalue weighted by molar-refractivity contribution is 0.286. The van der Waals surface area contributed by atoms with Crippen molar-refractivity contribution in [1.29, 1.82) is 0 Å². The highest BCUT2D eigenvalue weighted by atomic mass is 19.1. The van der Waals surface area contributed by atoms with E-state index in [0.717, 1.165) is 47.7 Å². The lowest BCUT2D eigenvalue weighted by atomic mass is 10.1. The van der Waals surface area contributed by atoms with Crippen molar-refractivity contribution in [2.24, 2.45) is 0 Å². The van der Waals surface area contributed by atoms with Gasteiger partial charge in [-0.2, -0.15) is 5.10 Å². The van der Waals surface area contributed by atoms with Gasteiger partial charge in [-0.3, -0.25) is 10.00 Å². The van der Waals surface area contributed by atoms with E-state index in [4.69, 9.17) is 4.42 Å². The molecule has 2 aromatic heterocycles. The molecular weight excluding hydrogens is 367 g/mol. The molecule has 0 aliphatic heterocycles. The first-order chi connectivity index (χ1) is 14.2. The van der Waals surface area contributed by atoms with E-state index in [9.17, 15) is 4.39 Å². The SMILES string of the molecule is CN(CCCc1cc(-c2ccc(F)cc2)n[nH]1)Cc1ncc(-c2ccccc2)o1. The van der Waals surface area contributed by atoms with Crippen molar-refractivity contribution in [3.63, 3.8) is 0 Å². The Morgan fingerprint density at radius 2 is 1.83 bits per heavy atom. The van der Waals surface area contributed by atoms with Crippen LogP contribution in [0.15, 0.2) is 71.3 Å². The van der Waals surface area contributed by atoms with Crippen LogP contribution in [0.2, 0.25) is 0 Å². The van der Waals surface area contributed by atoms with E-state index in [1.165, 1.54) is 12.1 Å². The van der Waals surface area contributed by atoms with Gasteiger partial charge in [-0.05, 0) is 56.8 Å². The zero-order valence-electron chi connectivity index (χ0n) is 16.3. The molecule has 6 heteroatoms. The molecule has 0 unspecified atom stereocenters. The van der Waals surface area contributed by atoms with Crippen molar-refractivity contribution in [3.8, 4) is 22.6 Å². The molecule has 0 amide bonds. The number of aromatic amines is 1. The minimum Gasteiger partial charge on any atom is -0.439 e. The van der Waals surface area contributed by atoms with Crippen LogP contribution in [0.3, 0.4) is 0 Å². The van der Waals surface area contributed by atoms with E-state index >= 15 is 0 Å². The molecule has 0 aliphatic carbocycles. The molecule has 29 heavy (non-hydrogen) atoms. The van der Waals surface area contributed by atoms with Crippen LogP contribution >= 0.6 is 0 Å². The van der Waals surface area contributed by atoms with Gasteiger partial charge >= 0.3 is 0 Å². The average molecular weight is 390 g/mol. The van der Waals surface area contributed by atoms with Gasteiger partial charge in [0, 0.05) is 16.8 Å². The van der Waals surface area contributed by atoms with E-state index < -0.39 is 0 Å². The number of halogens is 1. The first-order valence-corrected chi connectivity index (χ1v) is 9.66. The summed E-state index contributed by atoms with van der Waals surface area (Å²) in [6, 6.07) is 18.4. The predicted molar refractivity (Wildman–Crippen MR) is 111 cm³/mol. The molecule has 0 saturated heterocycles. The van der Waals surface area contributed by atoms with Gasteiger partial charge in [-0.25, -0.2) is 9.37 Å². The van der Waals surface area contributed by atoms with Crippen molar-refractivity contribution in [2.45, 2.75) is 19.4 Å². The molecule has 0 atom stereocenters. The van der Waals surface area contributed by atoms with Gasteiger partial charge in [-0.15, -0.1) is 0 Å². The Morgan fingerprint density at radius 3 is 2.62 bits per heavy atom. The lowest BCUT2D eigenvalue weighted by Gasteiger charge is -2.13. The van der Waals surface area contributed by atoms with Gasteiger partial charge in [0.15, 0.2) is 5.76 Å². The van der Waals surface area contributed by atoms with Gasteiger partial charge in [-0.1, -0.05) is 30.3 Å². The van der Waals surface area contributed by atoms with Crippen LogP contribution in [0.1, 0.15) is 18.0 Å². The van der Waals surface area contributed by atoms with E-state index in [1.54, 1.807) is 18.3 Å². The Labute approximate surface area is 169 Å². The monoisotopic (exact) mass is 390 g/mol. The number of rotatable bonds is 8. The summed E-state index contributed by atoms with van der Waals surface area (Å²) in [6.07, 6.45) is 3.65. The third kappa shape index (κ3) is 4.97. The fraction of sp³-hybridized carbons (Fsp3) is 0.217. The molecule has 148 valence electrons. The van der Waals surface area contributed by atoms with Gasteiger partial charge in [0.05, 0.1) is 18.4 Å². The number of nitrogens with zero attached hydrogens (tertiary/aromatic N) is 3. The minimum absolute atomic E-state index is 0.241. The first kappa shape index (κ1) is 19.1. The van der Waals surface area contributed by atoms with Crippen molar-refractivity contribution in [2.75, 3.05) is 13.6 Å². The van der Waals surface area contributed by atoms with Crippen molar-refractivity contribution in [3.05, 3.63) is 84.3 Å². The van der Waals surface area contributed by atoms with E-state index in [0.29, 0.717) is 12.4 Å². The number of hydrogen-bond acceptors (Lipinski definition) is 4. The van der Waals surface area contributed by atoms with Gasteiger partial charge < -0.3 is 4.42 Å². The summed E-state index contributed by atoms with van der Waals surface area (Å²) in [7, 11) is 2.06. The van der Waals surface area contributed by atoms with Crippen LogP contribution in [-0.4, -0.2) is 33.7 Å². The molecule has 5 nitrogen and oxygen atoms in total. The summed E-state index contributed by atoms with van der Waals surface area (Å²) >= 11 is 0. The Morgan fingerprint density at radius 1 is 1.03 bits per heavy atom. The summed E-state index contributed by atoms with van der Waals surface area (Å²) < 4.78 is 18.9. The van der Waals surface area contributed by atoms with Gasteiger partial charge in [0.25, 0.3) is 0 Å². The van der Waals surface area contributed by atoms with Crippen LogP contribution in [-0.2, 0) is 13.0 Å². The first-order valence-electron chi connectivity index (χ1n) is 9.66. The molecule has 0 bridgehead atoms. The smallest absolute Gasteiger partial charge is 0.209 e. The van der Waals surface area contributed by atoms with Crippen LogP contribution in [0.5, 0.6) is 0 Å². The molecule has 0 aliphatic rings. The van der Waals surface area contributed by atoms with Gasteiger partial charge in [0.1, 0.15) is 5.82 Å². The van der Waals surface area contributed by atoms with Crippen LogP contribution in [0.25, 0.3) is 22.6 Å². The number of H-pyrrole nitrogens is 1. The molecule has 4 aromatic rings. The number of hydrogen-bond donors (Lipinski definition) is 1. The molecule has 0 radical (unpaired) electrons. The van der Waals surface area contributed by atoms with Crippen molar-refractivity contribution < 1.29 is 8.81 Å². The van der Waals surface area contributed by atoms with Crippen LogP contribution < -0.4 is 0 Å². The highest BCUT2D eigenvalue weighted by Gasteiger charge is 2.09. The number of aromatic nitrogens is 3. The standard InChI is InChI=1S/C23H23FN4O/c1-28(16-23-25-15-22(29-23)18-6-3-2-4-7-18)13-5-8-20-14-21(27-26-20)17-9-11-19(24)12-10-17/h2-4,6-7,9-12,14-15H,5,8,13,16H2,1H3,(H,26,27).